The van der Waals surface area contributed by atoms with Crippen LogP contribution in [0.5, 0.6) is 0 Å². The Morgan fingerprint density at radius 3 is 2.17 bits per heavy atom. The number of carbonyl (C=O) groups is 1. The molecule has 4 heteroatoms. The molecule has 0 unspecified atom stereocenters. The lowest BCUT2D eigenvalue weighted by Crippen LogP contribution is -2.25. The second-order valence-corrected chi connectivity index (χ2v) is 5.43. The van der Waals surface area contributed by atoms with E-state index in [1.54, 1.807) is 12.1 Å². The lowest BCUT2D eigenvalue weighted by molar-refractivity contribution is 0.147. The van der Waals surface area contributed by atoms with Crippen molar-refractivity contribution in [3.05, 3.63) is 71.0 Å². The van der Waals surface area contributed by atoms with Crippen molar-refractivity contribution in [3.63, 3.8) is 0 Å². The Morgan fingerprint density at radius 1 is 1.00 bits per heavy atom. The van der Waals surface area contributed by atoms with Gasteiger partial charge in [0.05, 0.1) is 6.61 Å². The highest BCUT2D eigenvalue weighted by Gasteiger charge is 2.02. The Balaban J connectivity index is 1.78. The molecule has 0 radical (unpaired) electrons. The number of rotatable bonds is 7. The van der Waals surface area contributed by atoms with Gasteiger partial charge in [-0.05, 0) is 41.7 Å². The first-order chi connectivity index (χ1) is 11.2. The van der Waals surface area contributed by atoms with Crippen LogP contribution in [0, 0.1) is 5.82 Å². The minimum atomic E-state index is -0.361. The number of alkyl carbamates (subject to hydrolysis) is 1. The Kier molecular flexibility index (Phi) is 6.60. The van der Waals surface area contributed by atoms with Crippen molar-refractivity contribution in [2.45, 2.75) is 26.2 Å². The molecule has 2 rings (SSSR count). The molecule has 0 saturated carbocycles. The molecule has 0 bridgehead atoms. The number of ether oxygens (including phenoxy) is 1. The Bertz CT molecular complexity index is 608. The maximum absolute atomic E-state index is 12.9. The standard InChI is InChI=1S/C19H22FNO2/c1-2-12-21-19(22)23-13-11-15-3-5-16(6-4-15)14-17-7-9-18(20)10-8-17/h3-10H,2,11-14H2,1H3,(H,21,22). The van der Waals surface area contributed by atoms with Gasteiger partial charge in [-0.3, -0.25) is 0 Å². The van der Waals surface area contributed by atoms with E-state index in [9.17, 15) is 9.18 Å². The minimum absolute atomic E-state index is 0.216. The van der Waals surface area contributed by atoms with Gasteiger partial charge in [0.25, 0.3) is 0 Å². The molecular formula is C19H22FNO2. The van der Waals surface area contributed by atoms with Crippen LogP contribution >= 0.6 is 0 Å². The molecule has 0 aliphatic rings. The SMILES string of the molecule is CCCNC(=O)OCCc1ccc(Cc2ccc(F)cc2)cc1. The normalized spacial score (nSPS) is 10.3. The molecule has 1 amide bonds. The van der Waals surface area contributed by atoms with Gasteiger partial charge in [-0.25, -0.2) is 9.18 Å². The van der Waals surface area contributed by atoms with Crippen molar-refractivity contribution in [2.24, 2.45) is 0 Å². The van der Waals surface area contributed by atoms with E-state index >= 15 is 0 Å². The second-order valence-electron chi connectivity index (χ2n) is 5.43. The molecule has 0 aliphatic carbocycles. The van der Waals surface area contributed by atoms with Gasteiger partial charge >= 0.3 is 6.09 Å². The quantitative estimate of drug-likeness (QED) is 0.835. The molecule has 2 aromatic carbocycles. The third kappa shape index (κ3) is 6.10. The van der Waals surface area contributed by atoms with Crippen molar-refractivity contribution >= 4 is 6.09 Å². The summed E-state index contributed by atoms with van der Waals surface area (Å²) in [7, 11) is 0. The number of amides is 1. The summed E-state index contributed by atoms with van der Waals surface area (Å²) in [5, 5.41) is 2.67. The number of nitrogens with one attached hydrogen (secondary N) is 1. The van der Waals surface area contributed by atoms with E-state index in [-0.39, 0.29) is 11.9 Å². The summed E-state index contributed by atoms with van der Waals surface area (Å²) in [5.74, 6) is -0.216. The molecule has 2 aromatic rings. The van der Waals surface area contributed by atoms with Crippen molar-refractivity contribution in [1.82, 2.24) is 5.32 Å². The van der Waals surface area contributed by atoms with E-state index in [1.165, 1.54) is 17.7 Å². The smallest absolute Gasteiger partial charge is 0.407 e. The molecule has 0 heterocycles. The lowest BCUT2D eigenvalue weighted by Gasteiger charge is -2.07. The second kappa shape index (κ2) is 8.93. The van der Waals surface area contributed by atoms with Crippen LogP contribution in [0.3, 0.4) is 0 Å². The topological polar surface area (TPSA) is 38.3 Å². The monoisotopic (exact) mass is 315 g/mol. The molecule has 3 nitrogen and oxygen atoms in total. The minimum Gasteiger partial charge on any atom is -0.449 e. The highest BCUT2D eigenvalue weighted by Crippen LogP contribution is 2.12. The molecule has 0 fully saturated rings. The lowest BCUT2D eigenvalue weighted by atomic mass is 10.0. The fourth-order valence-electron chi connectivity index (χ4n) is 2.20. The summed E-state index contributed by atoms with van der Waals surface area (Å²) in [6, 6.07) is 14.7. The van der Waals surface area contributed by atoms with Crippen molar-refractivity contribution in [3.8, 4) is 0 Å². The maximum atomic E-state index is 12.9. The van der Waals surface area contributed by atoms with Crippen LogP contribution in [-0.4, -0.2) is 19.2 Å². The summed E-state index contributed by atoms with van der Waals surface area (Å²) in [6.07, 6.45) is 2.00. The Labute approximate surface area is 136 Å². The Hall–Kier alpha value is -2.36. The van der Waals surface area contributed by atoms with Gasteiger partial charge in [-0.15, -0.1) is 0 Å². The first kappa shape index (κ1) is 17.0. The number of halogens is 1. The summed E-state index contributed by atoms with van der Waals surface area (Å²) < 4.78 is 18.0. The van der Waals surface area contributed by atoms with Crippen LogP contribution < -0.4 is 5.32 Å². The average Bonchev–Trinajstić information content (AvgIpc) is 2.56. The fraction of sp³-hybridized carbons (Fsp3) is 0.316. The van der Waals surface area contributed by atoms with Crippen LogP contribution in [0.1, 0.15) is 30.0 Å². The van der Waals surface area contributed by atoms with E-state index in [2.05, 4.69) is 17.4 Å². The first-order valence-corrected chi connectivity index (χ1v) is 7.90. The molecule has 23 heavy (non-hydrogen) atoms. The largest absolute Gasteiger partial charge is 0.449 e. The van der Waals surface area contributed by atoms with Crippen LogP contribution in [-0.2, 0) is 17.6 Å². The fourth-order valence-corrected chi connectivity index (χ4v) is 2.20. The predicted octanol–water partition coefficient (Wildman–Crippen LogP) is 4.10. The van der Waals surface area contributed by atoms with Crippen molar-refractivity contribution < 1.29 is 13.9 Å². The average molecular weight is 315 g/mol. The molecule has 0 atom stereocenters. The van der Waals surface area contributed by atoms with Crippen LogP contribution in [0.2, 0.25) is 0 Å². The number of benzene rings is 2. The molecule has 0 spiro atoms. The van der Waals surface area contributed by atoms with E-state index in [0.29, 0.717) is 19.6 Å². The highest BCUT2D eigenvalue weighted by molar-refractivity contribution is 5.67. The zero-order valence-electron chi connectivity index (χ0n) is 13.3. The molecule has 0 aliphatic heterocycles. The highest BCUT2D eigenvalue weighted by atomic mass is 19.1. The van der Waals surface area contributed by atoms with Gasteiger partial charge in [0.15, 0.2) is 0 Å². The summed E-state index contributed by atoms with van der Waals surface area (Å²) in [4.78, 5) is 11.3. The third-order valence-electron chi connectivity index (χ3n) is 3.49. The molecule has 1 N–H and O–H groups in total. The van der Waals surface area contributed by atoms with Gasteiger partial charge < -0.3 is 10.1 Å². The van der Waals surface area contributed by atoms with Gasteiger partial charge in [-0.2, -0.15) is 0 Å². The van der Waals surface area contributed by atoms with Gasteiger partial charge in [0.1, 0.15) is 5.82 Å². The zero-order chi connectivity index (χ0) is 16.5. The van der Waals surface area contributed by atoms with Crippen molar-refractivity contribution in [2.75, 3.05) is 13.2 Å². The summed E-state index contributed by atoms with van der Waals surface area (Å²) in [6.45, 7) is 3.00. The molecular weight excluding hydrogens is 293 g/mol. The van der Waals surface area contributed by atoms with E-state index in [1.807, 2.05) is 19.1 Å². The third-order valence-corrected chi connectivity index (χ3v) is 3.49. The van der Waals surface area contributed by atoms with Crippen LogP contribution in [0.15, 0.2) is 48.5 Å². The molecule has 0 saturated heterocycles. The number of hydrogen-bond acceptors (Lipinski definition) is 2. The zero-order valence-corrected chi connectivity index (χ0v) is 13.3. The Morgan fingerprint density at radius 2 is 1.57 bits per heavy atom. The molecule has 0 aromatic heterocycles. The van der Waals surface area contributed by atoms with Crippen LogP contribution in [0.4, 0.5) is 9.18 Å². The van der Waals surface area contributed by atoms with Crippen LogP contribution in [0.25, 0.3) is 0 Å². The summed E-state index contributed by atoms with van der Waals surface area (Å²) in [5.41, 5.74) is 3.37. The van der Waals surface area contributed by atoms with E-state index < -0.39 is 0 Å². The number of carbonyl (C=O) groups excluding carboxylic acids is 1. The predicted molar refractivity (Wildman–Crippen MR) is 89.0 cm³/mol. The summed E-state index contributed by atoms with van der Waals surface area (Å²) >= 11 is 0. The number of hydrogen-bond donors (Lipinski definition) is 1. The van der Waals surface area contributed by atoms with E-state index in [0.717, 1.165) is 24.0 Å². The van der Waals surface area contributed by atoms with E-state index in [4.69, 9.17) is 4.74 Å². The van der Waals surface area contributed by atoms with Gasteiger partial charge in [0.2, 0.25) is 0 Å². The van der Waals surface area contributed by atoms with Crippen molar-refractivity contribution in [1.29, 1.82) is 0 Å². The molecule has 122 valence electrons. The first-order valence-electron chi connectivity index (χ1n) is 7.90. The van der Waals surface area contributed by atoms with Gasteiger partial charge in [-0.1, -0.05) is 43.3 Å². The van der Waals surface area contributed by atoms with Gasteiger partial charge in [0, 0.05) is 13.0 Å². The maximum Gasteiger partial charge on any atom is 0.407 e.